The van der Waals surface area contributed by atoms with Crippen LogP contribution in [0, 0.1) is 0 Å². The number of rotatable bonds is 7. The first-order valence-corrected chi connectivity index (χ1v) is 5.65. The number of hydrogen-bond acceptors (Lipinski definition) is 3. The molecule has 16 heavy (non-hydrogen) atoms. The van der Waals surface area contributed by atoms with E-state index in [0.29, 0.717) is 6.04 Å². The van der Waals surface area contributed by atoms with Gasteiger partial charge in [-0.1, -0.05) is 12.1 Å². The molecule has 1 aromatic rings. The fourth-order valence-corrected chi connectivity index (χ4v) is 1.45. The van der Waals surface area contributed by atoms with Crippen molar-refractivity contribution >= 4 is 0 Å². The van der Waals surface area contributed by atoms with E-state index in [0.717, 1.165) is 25.3 Å². The third kappa shape index (κ3) is 4.55. The quantitative estimate of drug-likeness (QED) is 0.558. The van der Waals surface area contributed by atoms with Gasteiger partial charge in [0, 0.05) is 31.9 Å². The van der Waals surface area contributed by atoms with Gasteiger partial charge < -0.3 is 5.32 Å². The Morgan fingerprint density at radius 3 is 3.00 bits per heavy atom. The Morgan fingerprint density at radius 1 is 1.56 bits per heavy atom. The van der Waals surface area contributed by atoms with Crippen LogP contribution >= 0.6 is 0 Å². The van der Waals surface area contributed by atoms with Crippen LogP contribution in [0.15, 0.2) is 37.1 Å². The van der Waals surface area contributed by atoms with Crippen LogP contribution in [0.3, 0.4) is 0 Å². The molecule has 1 heterocycles. The third-order valence-corrected chi connectivity index (χ3v) is 2.62. The molecule has 0 aliphatic carbocycles. The SMILES string of the molecule is C=CCNCC(C)N(C)Cc1ccccn1. The van der Waals surface area contributed by atoms with E-state index in [4.69, 9.17) is 0 Å². The zero-order valence-electron chi connectivity index (χ0n) is 10.2. The maximum Gasteiger partial charge on any atom is 0.0543 e. The van der Waals surface area contributed by atoms with Crippen molar-refractivity contribution in [3.63, 3.8) is 0 Å². The highest BCUT2D eigenvalue weighted by atomic mass is 15.1. The lowest BCUT2D eigenvalue weighted by atomic mass is 10.2. The molecular formula is C13H21N3. The summed E-state index contributed by atoms with van der Waals surface area (Å²) in [4.78, 5) is 6.61. The predicted octanol–water partition coefficient (Wildman–Crippen LogP) is 1.68. The second kappa shape index (κ2) is 7.14. The van der Waals surface area contributed by atoms with Crippen molar-refractivity contribution in [2.75, 3.05) is 20.1 Å². The Morgan fingerprint density at radius 2 is 2.38 bits per heavy atom. The van der Waals surface area contributed by atoms with E-state index >= 15 is 0 Å². The van der Waals surface area contributed by atoms with Crippen LogP contribution in [0.5, 0.6) is 0 Å². The zero-order valence-corrected chi connectivity index (χ0v) is 10.2. The van der Waals surface area contributed by atoms with Gasteiger partial charge in [0.1, 0.15) is 0 Å². The smallest absolute Gasteiger partial charge is 0.0543 e. The molecule has 0 radical (unpaired) electrons. The number of hydrogen-bond donors (Lipinski definition) is 1. The molecule has 1 N–H and O–H groups in total. The summed E-state index contributed by atoms with van der Waals surface area (Å²) in [6, 6.07) is 6.51. The second-order valence-electron chi connectivity index (χ2n) is 4.03. The number of nitrogens with zero attached hydrogens (tertiary/aromatic N) is 2. The van der Waals surface area contributed by atoms with E-state index in [-0.39, 0.29) is 0 Å². The summed E-state index contributed by atoms with van der Waals surface area (Å²) in [5.41, 5.74) is 1.11. The highest BCUT2D eigenvalue weighted by Gasteiger charge is 2.08. The van der Waals surface area contributed by atoms with E-state index < -0.39 is 0 Å². The molecule has 0 aliphatic rings. The largest absolute Gasteiger partial charge is 0.312 e. The maximum atomic E-state index is 4.32. The topological polar surface area (TPSA) is 28.2 Å². The van der Waals surface area contributed by atoms with Crippen LogP contribution in [0.2, 0.25) is 0 Å². The molecule has 0 saturated carbocycles. The predicted molar refractivity (Wildman–Crippen MR) is 68.2 cm³/mol. The van der Waals surface area contributed by atoms with E-state index in [2.05, 4.69) is 41.8 Å². The van der Waals surface area contributed by atoms with Crippen LogP contribution in [0.4, 0.5) is 0 Å². The van der Waals surface area contributed by atoms with Crippen molar-refractivity contribution in [1.82, 2.24) is 15.2 Å². The van der Waals surface area contributed by atoms with Gasteiger partial charge in [0.25, 0.3) is 0 Å². The average molecular weight is 219 g/mol. The minimum atomic E-state index is 0.488. The Kier molecular flexibility index (Phi) is 5.75. The first-order chi connectivity index (χ1) is 7.74. The first kappa shape index (κ1) is 12.9. The van der Waals surface area contributed by atoms with Gasteiger partial charge in [-0.15, -0.1) is 6.58 Å². The number of pyridine rings is 1. The van der Waals surface area contributed by atoms with E-state index in [1.807, 2.05) is 24.4 Å². The van der Waals surface area contributed by atoms with Gasteiger partial charge in [0.2, 0.25) is 0 Å². The summed E-state index contributed by atoms with van der Waals surface area (Å²) in [6.07, 6.45) is 3.72. The molecule has 0 aromatic carbocycles. The Hall–Kier alpha value is -1.19. The lowest BCUT2D eigenvalue weighted by Gasteiger charge is -2.24. The molecule has 1 atom stereocenters. The maximum absolute atomic E-state index is 4.32. The molecule has 0 fully saturated rings. The summed E-state index contributed by atoms with van der Waals surface area (Å²) < 4.78 is 0. The minimum Gasteiger partial charge on any atom is -0.312 e. The molecule has 0 aliphatic heterocycles. The summed E-state index contributed by atoms with van der Waals surface area (Å²) >= 11 is 0. The van der Waals surface area contributed by atoms with E-state index in [1.165, 1.54) is 0 Å². The Labute approximate surface area is 98.2 Å². The summed E-state index contributed by atoms with van der Waals surface area (Å²) in [7, 11) is 2.12. The Bertz CT molecular complexity index is 297. The molecule has 88 valence electrons. The van der Waals surface area contributed by atoms with Crippen LogP contribution in [0.25, 0.3) is 0 Å². The molecule has 3 nitrogen and oxygen atoms in total. The van der Waals surface area contributed by atoms with Crippen molar-refractivity contribution in [2.45, 2.75) is 19.5 Å². The summed E-state index contributed by atoms with van der Waals surface area (Å²) in [5, 5.41) is 3.32. The van der Waals surface area contributed by atoms with Crippen molar-refractivity contribution in [3.8, 4) is 0 Å². The summed E-state index contributed by atoms with van der Waals surface area (Å²) in [5.74, 6) is 0. The van der Waals surface area contributed by atoms with Gasteiger partial charge in [0.15, 0.2) is 0 Å². The van der Waals surface area contributed by atoms with Gasteiger partial charge in [-0.05, 0) is 26.1 Å². The summed E-state index contributed by atoms with van der Waals surface area (Å²) in [6.45, 7) is 8.61. The average Bonchev–Trinajstić information content (AvgIpc) is 2.30. The fourth-order valence-electron chi connectivity index (χ4n) is 1.45. The molecule has 0 spiro atoms. The molecule has 0 amide bonds. The standard InChI is InChI=1S/C13H21N3/c1-4-8-14-10-12(2)16(3)11-13-7-5-6-9-15-13/h4-7,9,12,14H,1,8,10-11H2,2-3H3. The number of aromatic nitrogens is 1. The van der Waals surface area contributed by atoms with Crippen LogP contribution in [-0.4, -0.2) is 36.1 Å². The zero-order chi connectivity index (χ0) is 11.8. The van der Waals surface area contributed by atoms with Crippen molar-refractivity contribution < 1.29 is 0 Å². The normalized spacial score (nSPS) is 12.7. The molecule has 3 heteroatoms. The van der Waals surface area contributed by atoms with Crippen LogP contribution in [-0.2, 0) is 6.54 Å². The molecule has 1 aromatic heterocycles. The van der Waals surface area contributed by atoms with Crippen molar-refractivity contribution in [1.29, 1.82) is 0 Å². The second-order valence-corrected chi connectivity index (χ2v) is 4.03. The fraction of sp³-hybridized carbons (Fsp3) is 0.462. The highest BCUT2D eigenvalue weighted by molar-refractivity contribution is 5.03. The van der Waals surface area contributed by atoms with Crippen LogP contribution in [0.1, 0.15) is 12.6 Å². The van der Waals surface area contributed by atoms with Crippen molar-refractivity contribution in [2.24, 2.45) is 0 Å². The van der Waals surface area contributed by atoms with Gasteiger partial charge in [0.05, 0.1) is 5.69 Å². The van der Waals surface area contributed by atoms with Crippen molar-refractivity contribution in [3.05, 3.63) is 42.7 Å². The first-order valence-electron chi connectivity index (χ1n) is 5.65. The Balaban J connectivity index is 2.33. The molecule has 1 rings (SSSR count). The highest BCUT2D eigenvalue weighted by Crippen LogP contribution is 2.02. The van der Waals surface area contributed by atoms with Crippen LogP contribution < -0.4 is 5.32 Å². The van der Waals surface area contributed by atoms with Gasteiger partial charge in [-0.3, -0.25) is 9.88 Å². The molecule has 1 unspecified atom stereocenters. The minimum absolute atomic E-state index is 0.488. The monoisotopic (exact) mass is 219 g/mol. The molecule has 0 saturated heterocycles. The molecular weight excluding hydrogens is 198 g/mol. The van der Waals surface area contributed by atoms with E-state index in [1.54, 1.807) is 0 Å². The van der Waals surface area contributed by atoms with E-state index in [9.17, 15) is 0 Å². The van der Waals surface area contributed by atoms with Gasteiger partial charge in [-0.25, -0.2) is 0 Å². The molecule has 0 bridgehead atoms. The third-order valence-electron chi connectivity index (χ3n) is 2.62. The number of nitrogens with one attached hydrogen (secondary N) is 1. The lowest BCUT2D eigenvalue weighted by Crippen LogP contribution is -2.37. The lowest BCUT2D eigenvalue weighted by molar-refractivity contribution is 0.242. The number of likely N-dealkylation sites (N-methyl/N-ethyl adjacent to an activating group) is 1. The van der Waals surface area contributed by atoms with Gasteiger partial charge in [-0.2, -0.15) is 0 Å². The van der Waals surface area contributed by atoms with Gasteiger partial charge >= 0.3 is 0 Å².